The summed E-state index contributed by atoms with van der Waals surface area (Å²) < 4.78 is 11.2. The van der Waals surface area contributed by atoms with E-state index in [2.05, 4.69) is 38.2 Å². The first kappa shape index (κ1) is 15.3. The molecule has 1 aromatic carbocycles. The quantitative estimate of drug-likeness (QED) is 0.790. The summed E-state index contributed by atoms with van der Waals surface area (Å²) in [7, 11) is 1.73. The van der Waals surface area contributed by atoms with Crippen molar-refractivity contribution >= 4 is 0 Å². The normalized spacial score (nSPS) is 16.2. The molecule has 0 saturated heterocycles. The summed E-state index contributed by atoms with van der Waals surface area (Å²) >= 11 is 0. The molecule has 1 aliphatic carbocycles. The van der Waals surface area contributed by atoms with Crippen molar-refractivity contribution in [3.63, 3.8) is 0 Å². The Bertz CT molecular complexity index is 418. The number of nitrogens with one attached hydrogen (secondary N) is 1. The lowest BCUT2D eigenvalue weighted by atomic mass is 10.1. The second-order valence-electron chi connectivity index (χ2n) is 5.92. The highest BCUT2D eigenvalue weighted by atomic mass is 16.5. The SMILES string of the molecule is COCCC(C)Oc1c(C)cc(CNC2CC2)cc1C. The summed E-state index contributed by atoms with van der Waals surface area (Å²) in [6.07, 6.45) is 3.76. The van der Waals surface area contributed by atoms with E-state index in [0.29, 0.717) is 0 Å². The van der Waals surface area contributed by atoms with Crippen molar-refractivity contribution in [1.82, 2.24) is 5.32 Å². The Morgan fingerprint density at radius 2 is 1.90 bits per heavy atom. The second kappa shape index (κ2) is 7.09. The van der Waals surface area contributed by atoms with Crippen LogP contribution < -0.4 is 10.1 Å². The van der Waals surface area contributed by atoms with Gasteiger partial charge in [-0.05, 0) is 50.3 Å². The minimum atomic E-state index is 0.183. The fraction of sp³-hybridized carbons (Fsp3) is 0.647. The van der Waals surface area contributed by atoms with E-state index in [0.717, 1.165) is 31.4 Å². The first-order valence-electron chi connectivity index (χ1n) is 7.59. The zero-order valence-corrected chi connectivity index (χ0v) is 13.2. The highest BCUT2D eigenvalue weighted by Crippen LogP contribution is 2.27. The van der Waals surface area contributed by atoms with Crippen LogP contribution in [0.1, 0.15) is 42.9 Å². The number of hydrogen-bond donors (Lipinski definition) is 1. The summed E-state index contributed by atoms with van der Waals surface area (Å²) in [4.78, 5) is 0. The minimum Gasteiger partial charge on any atom is -0.490 e. The van der Waals surface area contributed by atoms with Crippen LogP contribution in [0.5, 0.6) is 5.75 Å². The molecule has 1 N–H and O–H groups in total. The lowest BCUT2D eigenvalue weighted by Gasteiger charge is -2.19. The maximum absolute atomic E-state index is 6.07. The maximum Gasteiger partial charge on any atom is 0.125 e. The Balaban J connectivity index is 1.97. The van der Waals surface area contributed by atoms with Crippen molar-refractivity contribution in [3.8, 4) is 5.75 Å². The van der Waals surface area contributed by atoms with Gasteiger partial charge in [-0.1, -0.05) is 12.1 Å². The molecule has 2 rings (SSSR count). The lowest BCUT2D eigenvalue weighted by Crippen LogP contribution is -2.17. The average molecular weight is 277 g/mol. The number of methoxy groups -OCH3 is 1. The Morgan fingerprint density at radius 3 is 2.45 bits per heavy atom. The van der Waals surface area contributed by atoms with Gasteiger partial charge in [-0.25, -0.2) is 0 Å². The first-order valence-corrected chi connectivity index (χ1v) is 7.59. The van der Waals surface area contributed by atoms with Gasteiger partial charge in [-0.3, -0.25) is 0 Å². The van der Waals surface area contributed by atoms with Crippen molar-refractivity contribution in [3.05, 3.63) is 28.8 Å². The first-order chi connectivity index (χ1) is 9.60. The molecule has 0 amide bonds. The van der Waals surface area contributed by atoms with Gasteiger partial charge in [0.2, 0.25) is 0 Å². The largest absolute Gasteiger partial charge is 0.490 e. The van der Waals surface area contributed by atoms with Crippen LogP contribution in [0.2, 0.25) is 0 Å². The highest BCUT2D eigenvalue weighted by Gasteiger charge is 2.20. The van der Waals surface area contributed by atoms with Gasteiger partial charge >= 0.3 is 0 Å². The van der Waals surface area contributed by atoms with Crippen molar-refractivity contribution in [2.45, 2.75) is 58.7 Å². The zero-order valence-electron chi connectivity index (χ0n) is 13.2. The molecule has 0 spiro atoms. The molecule has 1 aliphatic rings. The van der Waals surface area contributed by atoms with E-state index in [9.17, 15) is 0 Å². The summed E-state index contributed by atoms with van der Waals surface area (Å²) in [5.74, 6) is 1.03. The number of ether oxygens (including phenoxy) is 2. The molecule has 3 nitrogen and oxygen atoms in total. The third-order valence-electron chi connectivity index (χ3n) is 3.74. The molecule has 0 heterocycles. The second-order valence-corrected chi connectivity index (χ2v) is 5.92. The van der Waals surface area contributed by atoms with Gasteiger partial charge in [0, 0.05) is 32.7 Å². The predicted molar refractivity (Wildman–Crippen MR) is 82.4 cm³/mol. The van der Waals surface area contributed by atoms with Gasteiger partial charge in [0.1, 0.15) is 5.75 Å². The molecular weight excluding hydrogens is 250 g/mol. The number of hydrogen-bond acceptors (Lipinski definition) is 3. The summed E-state index contributed by atoms with van der Waals surface area (Å²) in [6, 6.07) is 5.22. The fourth-order valence-corrected chi connectivity index (χ4v) is 2.42. The van der Waals surface area contributed by atoms with Crippen LogP contribution in [0, 0.1) is 13.8 Å². The van der Waals surface area contributed by atoms with Gasteiger partial charge < -0.3 is 14.8 Å². The molecule has 0 aliphatic heterocycles. The molecule has 1 fully saturated rings. The van der Waals surface area contributed by atoms with E-state index in [1.165, 1.54) is 29.5 Å². The smallest absolute Gasteiger partial charge is 0.125 e. The fourth-order valence-electron chi connectivity index (χ4n) is 2.42. The van der Waals surface area contributed by atoms with Gasteiger partial charge in [0.15, 0.2) is 0 Å². The molecular formula is C17H27NO2. The third-order valence-corrected chi connectivity index (χ3v) is 3.74. The van der Waals surface area contributed by atoms with Crippen molar-refractivity contribution in [2.24, 2.45) is 0 Å². The number of benzene rings is 1. The molecule has 1 aromatic rings. The van der Waals surface area contributed by atoms with Crippen LogP contribution in [0.15, 0.2) is 12.1 Å². The lowest BCUT2D eigenvalue weighted by molar-refractivity contribution is 0.134. The molecule has 20 heavy (non-hydrogen) atoms. The van der Waals surface area contributed by atoms with Gasteiger partial charge in [0.25, 0.3) is 0 Å². The van der Waals surface area contributed by atoms with Crippen LogP contribution >= 0.6 is 0 Å². The molecule has 1 saturated carbocycles. The van der Waals surface area contributed by atoms with Crippen LogP contribution in [0.3, 0.4) is 0 Å². The topological polar surface area (TPSA) is 30.5 Å². The molecule has 0 aromatic heterocycles. The monoisotopic (exact) mass is 277 g/mol. The van der Waals surface area contributed by atoms with E-state index in [-0.39, 0.29) is 6.10 Å². The molecule has 3 heteroatoms. The maximum atomic E-state index is 6.07. The third kappa shape index (κ3) is 4.50. The Morgan fingerprint density at radius 1 is 1.25 bits per heavy atom. The van der Waals surface area contributed by atoms with Crippen LogP contribution in [0.4, 0.5) is 0 Å². The van der Waals surface area contributed by atoms with Crippen LogP contribution in [0.25, 0.3) is 0 Å². The van der Waals surface area contributed by atoms with Crippen molar-refractivity contribution in [1.29, 1.82) is 0 Å². The van der Waals surface area contributed by atoms with Gasteiger partial charge in [0.05, 0.1) is 6.10 Å². The van der Waals surface area contributed by atoms with E-state index in [1.807, 2.05) is 0 Å². The Kier molecular flexibility index (Phi) is 5.44. The molecule has 0 bridgehead atoms. The van der Waals surface area contributed by atoms with E-state index in [4.69, 9.17) is 9.47 Å². The minimum absolute atomic E-state index is 0.183. The number of rotatable bonds is 8. The Labute approximate surface area is 122 Å². The van der Waals surface area contributed by atoms with E-state index in [1.54, 1.807) is 7.11 Å². The molecule has 1 atom stereocenters. The Hall–Kier alpha value is -1.06. The van der Waals surface area contributed by atoms with Gasteiger partial charge in [-0.15, -0.1) is 0 Å². The highest BCUT2D eigenvalue weighted by molar-refractivity contribution is 5.43. The van der Waals surface area contributed by atoms with E-state index < -0.39 is 0 Å². The van der Waals surface area contributed by atoms with E-state index >= 15 is 0 Å². The standard InChI is InChI=1S/C17H27NO2/c1-12-9-15(11-18-16-5-6-16)10-13(2)17(12)20-14(3)7-8-19-4/h9-10,14,16,18H,5-8,11H2,1-4H3. The molecule has 0 radical (unpaired) electrons. The summed E-state index contributed by atoms with van der Waals surface area (Å²) in [6.45, 7) is 8.06. The summed E-state index contributed by atoms with van der Waals surface area (Å²) in [5, 5.41) is 3.56. The van der Waals surface area contributed by atoms with Crippen molar-refractivity contribution < 1.29 is 9.47 Å². The van der Waals surface area contributed by atoms with Crippen LogP contribution in [-0.2, 0) is 11.3 Å². The summed E-state index contributed by atoms with van der Waals surface area (Å²) in [5.41, 5.74) is 3.80. The zero-order chi connectivity index (χ0) is 14.5. The van der Waals surface area contributed by atoms with Crippen molar-refractivity contribution in [2.75, 3.05) is 13.7 Å². The number of aryl methyl sites for hydroxylation is 2. The van der Waals surface area contributed by atoms with Crippen LogP contribution in [-0.4, -0.2) is 25.9 Å². The van der Waals surface area contributed by atoms with Gasteiger partial charge in [-0.2, -0.15) is 0 Å². The average Bonchev–Trinajstić information content (AvgIpc) is 3.22. The molecule has 1 unspecified atom stereocenters. The predicted octanol–water partition coefficient (Wildman–Crippen LogP) is 3.36. The molecule has 112 valence electrons.